The second-order valence-electron chi connectivity index (χ2n) is 5.32. The number of phenolic OH excluding ortho intramolecular Hbond substituents is 1. The van der Waals surface area contributed by atoms with Crippen molar-refractivity contribution in [1.82, 2.24) is 4.90 Å². The lowest BCUT2D eigenvalue weighted by Gasteiger charge is -2.36. The molecule has 2 N–H and O–H groups in total. The number of aliphatic carboxylic acids is 1. The van der Waals surface area contributed by atoms with Gasteiger partial charge < -0.3 is 19.8 Å². The number of nitrogens with zero attached hydrogens (tertiary/aromatic N) is 1. The van der Waals surface area contributed by atoms with Gasteiger partial charge in [-0.3, -0.25) is 4.79 Å². The van der Waals surface area contributed by atoms with Crippen LogP contribution in [0, 0.1) is 0 Å². The van der Waals surface area contributed by atoms with Gasteiger partial charge in [0.05, 0.1) is 19.6 Å². The van der Waals surface area contributed by atoms with Crippen LogP contribution in [0.1, 0.15) is 23.5 Å². The molecule has 5 heteroatoms. The van der Waals surface area contributed by atoms with Crippen LogP contribution in [0.25, 0.3) is 0 Å². The first-order valence-electron chi connectivity index (χ1n) is 6.86. The van der Waals surface area contributed by atoms with Gasteiger partial charge in [-0.1, -0.05) is 12.1 Å². The first-order chi connectivity index (χ1) is 9.56. The summed E-state index contributed by atoms with van der Waals surface area (Å²) in [6, 6.07) is 5.66. The third-order valence-electron chi connectivity index (χ3n) is 3.59. The zero-order valence-electron chi connectivity index (χ0n) is 11.7. The Hall–Kier alpha value is -1.59. The minimum Gasteiger partial charge on any atom is -0.508 e. The van der Waals surface area contributed by atoms with Gasteiger partial charge in [-0.15, -0.1) is 0 Å². The number of rotatable bonds is 7. The molecule has 110 valence electrons. The fourth-order valence-corrected chi connectivity index (χ4v) is 2.43. The Morgan fingerprint density at radius 1 is 1.40 bits per heavy atom. The number of likely N-dealkylation sites (N-methyl/N-ethyl adjacent to an activating group) is 1. The summed E-state index contributed by atoms with van der Waals surface area (Å²) in [4.78, 5) is 12.6. The first kappa shape index (κ1) is 14.8. The lowest BCUT2D eigenvalue weighted by molar-refractivity contribution is -0.138. The average Bonchev–Trinajstić information content (AvgIpc) is 2.36. The molecule has 0 radical (unpaired) electrons. The van der Waals surface area contributed by atoms with Gasteiger partial charge in [0.15, 0.2) is 0 Å². The summed E-state index contributed by atoms with van der Waals surface area (Å²) in [5.41, 5.74) is 2.12. The number of aromatic hydroxyl groups is 1. The Bertz CT molecular complexity index is 469. The van der Waals surface area contributed by atoms with Crippen molar-refractivity contribution >= 4 is 5.97 Å². The van der Waals surface area contributed by atoms with E-state index in [0.717, 1.165) is 30.6 Å². The van der Waals surface area contributed by atoms with Crippen LogP contribution in [0.2, 0.25) is 0 Å². The molecule has 0 bridgehead atoms. The summed E-state index contributed by atoms with van der Waals surface area (Å²) in [6.45, 7) is 2.70. The summed E-state index contributed by atoms with van der Waals surface area (Å²) < 4.78 is 5.28. The van der Waals surface area contributed by atoms with Crippen molar-refractivity contribution < 1.29 is 19.7 Å². The molecular weight excluding hydrogens is 258 g/mol. The smallest absolute Gasteiger partial charge is 0.305 e. The molecule has 1 aromatic rings. The van der Waals surface area contributed by atoms with E-state index in [0.29, 0.717) is 18.3 Å². The Kier molecular flexibility index (Phi) is 4.98. The van der Waals surface area contributed by atoms with Crippen molar-refractivity contribution in [1.29, 1.82) is 0 Å². The largest absolute Gasteiger partial charge is 0.508 e. The maximum Gasteiger partial charge on any atom is 0.305 e. The van der Waals surface area contributed by atoms with Crippen LogP contribution in [-0.4, -0.2) is 54.4 Å². The molecule has 0 aromatic heterocycles. The SMILES string of the molecule is CN1CC(c2cc(CCOCCC(=O)O)ccc2O)C1. The Balaban J connectivity index is 1.83. The number of carboxylic acid groups (broad SMARTS) is 1. The van der Waals surface area contributed by atoms with E-state index < -0.39 is 5.97 Å². The number of ether oxygens (including phenoxy) is 1. The zero-order valence-corrected chi connectivity index (χ0v) is 11.7. The molecule has 1 heterocycles. The molecule has 1 aromatic carbocycles. The fourth-order valence-electron chi connectivity index (χ4n) is 2.43. The van der Waals surface area contributed by atoms with Gasteiger partial charge in [-0.2, -0.15) is 0 Å². The van der Waals surface area contributed by atoms with Crippen LogP contribution >= 0.6 is 0 Å². The quantitative estimate of drug-likeness (QED) is 0.739. The summed E-state index contributed by atoms with van der Waals surface area (Å²) in [6.07, 6.45) is 0.769. The predicted octanol–water partition coefficient (Wildman–Crippen LogP) is 1.45. The Morgan fingerprint density at radius 2 is 2.15 bits per heavy atom. The number of benzene rings is 1. The van der Waals surface area contributed by atoms with Crippen LogP contribution in [0.4, 0.5) is 0 Å². The van der Waals surface area contributed by atoms with Crippen LogP contribution in [-0.2, 0) is 16.0 Å². The highest BCUT2D eigenvalue weighted by Gasteiger charge is 2.27. The molecule has 1 saturated heterocycles. The third kappa shape index (κ3) is 3.95. The van der Waals surface area contributed by atoms with E-state index in [1.165, 1.54) is 0 Å². The molecule has 0 unspecified atom stereocenters. The molecule has 1 aliphatic heterocycles. The van der Waals surface area contributed by atoms with Gasteiger partial charge in [0.2, 0.25) is 0 Å². The van der Waals surface area contributed by atoms with Gasteiger partial charge in [-0.05, 0) is 30.7 Å². The summed E-state index contributed by atoms with van der Waals surface area (Å²) in [7, 11) is 2.06. The van der Waals surface area contributed by atoms with Gasteiger partial charge in [-0.25, -0.2) is 0 Å². The molecule has 5 nitrogen and oxygen atoms in total. The maximum atomic E-state index is 10.3. The molecule has 1 aliphatic rings. The molecular formula is C15H21NO4. The standard InChI is InChI=1S/C15H21NO4/c1-16-9-12(10-16)13-8-11(2-3-14(13)17)4-6-20-7-5-15(18)19/h2-3,8,12,17H,4-7,9-10H2,1H3,(H,18,19). The molecule has 0 spiro atoms. The van der Waals surface area contributed by atoms with Crippen molar-refractivity contribution in [2.24, 2.45) is 0 Å². The predicted molar refractivity (Wildman–Crippen MR) is 75.1 cm³/mol. The van der Waals surface area contributed by atoms with E-state index >= 15 is 0 Å². The van der Waals surface area contributed by atoms with E-state index in [2.05, 4.69) is 11.9 Å². The minimum absolute atomic E-state index is 0.0369. The first-order valence-corrected chi connectivity index (χ1v) is 6.86. The van der Waals surface area contributed by atoms with Crippen LogP contribution < -0.4 is 0 Å². The van der Waals surface area contributed by atoms with Crippen molar-refractivity contribution in [2.45, 2.75) is 18.8 Å². The minimum atomic E-state index is -0.842. The van der Waals surface area contributed by atoms with E-state index in [1.54, 1.807) is 6.07 Å². The normalized spacial score (nSPS) is 16.1. The number of phenols is 1. The highest BCUT2D eigenvalue weighted by atomic mass is 16.5. The van der Waals surface area contributed by atoms with Gasteiger partial charge in [0, 0.05) is 19.0 Å². The highest BCUT2D eigenvalue weighted by Crippen LogP contribution is 2.32. The molecule has 1 fully saturated rings. The Morgan fingerprint density at radius 3 is 2.80 bits per heavy atom. The average molecular weight is 279 g/mol. The van der Waals surface area contributed by atoms with E-state index in [1.807, 2.05) is 12.1 Å². The summed E-state index contributed by atoms with van der Waals surface area (Å²) >= 11 is 0. The monoisotopic (exact) mass is 279 g/mol. The van der Waals surface area contributed by atoms with Crippen molar-refractivity contribution in [2.75, 3.05) is 33.4 Å². The number of carboxylic acids is 1. The summed E-state index contributed by atoms with van der Waals surface area (Å²) in [5.74, 6) is -0.0717. The highest BCUT2D eigenvalue weighted by molar-refractivity contribution is 5.66. The lowest BCUT2D eigenvalue weighted by atomic mass is 9.90. The maximum absolute atomic E-state index is 10.3. The molecule has 0 amide bonds. The Labute approximate surface area is 118 Å². The second kappa shape index (κ2) is 6.72. The number of carbonyl (C=O) groups is 1. The lowest BCUT2D eigenvalue weighted by Crippen LogP contribution is -2.41. The second-order valence-corrected chi connectivity index (χ2v) is 5.32. The van der Waals surface area contributed by atoms with E-state index in [9.17, 15) is 9.90 Å². The van der Waals surface area contributed by atoms with Gasteiger partial charge in [0.25, 0.3) is 0 Å². The van der Waals surface area contributed by atoms with Crippen molar-refractivity contribution in [3.63, 3.8) is 0 Å². The zero-order chi connectivity index (χ0) is 14.5. The topological polar surface area (TPSA) is 70.0 Å². The van der Waals surface area contributed by atoms with Crippen LogP contribution in [0.15, 0.2) is 18.2 Å². The number of hydrogen-bond donors (Lipinski definition) is 2. The molecule has 20 heavy (non-hydrogen) atoms. The van der Waals surface area contributed by atoms with Crippen molar-refractivity contribution in [3.05, 3.63) is 29.3 Å². The fraction of sp³-hybridized carbons (Fsp3) is 0.533. The van der Waals surface area contributed by atoms with Crippen molar-refractivity contribution in [3.8, 4) is 5.75 Å². The molecule has 0 atom stereocenters. The van der Waals surface area contributed by atoms with Crippen LogP contribution in [0.5, 0.6) is 5.75 Å². The van der Waals surface area contributed by atoms with E-state index in [-0.39, 0.29) is 13.0 Å². The van der Waals surface area contributed by atoms with E-state index in [4.69, 9.17) is 9.84 Å². The van der Waals surface area contributed by atoms with Crippen LogP contribution in [0.3, 0.4) is 0 Å². The van der Waals surface area contributed by atoms with Gasteiger partial charge in [0.1, 0.15) is 5.75 Å². The summed E-state index contributed by atoms with van der Waals surface area (Å²) in [5, 5.41) is 18.4. The molecule has 0 saturated carbocycles. The molecule has 2 rings (SSSR count). The number of hydrogen-bond acceptors (Lipinski definition) is 4. The number of likely N-dealkylation sites (tertiary alicyclic amines) is 1. The molecule has 0 aliphatic carbocycles. The third-order valence-corrected chi connectivity index (χ3v) is 3.59. The van der Waals surface area contributed by atoms with Gasteiger partial charge >= 0.3 is 5.97 Å².